The van der Waals surface area contributed by atoms with Crippen LogP contribution in [0.15, 0.2) is 24.3 Å². The van der Waals surface area contributed by atoms with Gasteiger partial charge in [-0.3, -0.25) is 4.79 Å². The van der Waals surface area contributed by atoms with Crippen molar-refractivity contribution >= 4 is 5.97 Å². The molecule has 0 N–H and O–H groups in total. The molecule has 31 heavy (non-hydrogen) atoms. The molecule has 1 aromatic rings. The van der Waals surface area contributed by atoms with Crippen molar-refractivity contribution in [3.63, 3.8) is 0 Å². The number of benzene rings is 1. The van der Waals surface area contributed by atoms with Gasteiger partial charge in [0, 0.05) is 6.42 Å². The Kier molecular flexibility index (Phi) is 13.7. The first-order valence-corrected chi connectivity index (χ1v) is 13.5. The third-order valence-corrected chi connectivity index (χ3v) is 7.13. The minimum absolute atomic E-state index is 0.0803. The second kappa shape index (κ2) is 16.3. The van der Waals surface area contributed by atoms with Crippen molar-refractivity contribution in [1.82, 2.24) is 0 Å². The van der Waals surface area contributed by atoms with Crippen LogP contribution in [0.4, 0.5) is 0 Å². The van der Waals surface area contributed by atoms with Crippen LogP contribution < -0.4 is 4.74 Å². The molecule has 0 aliphatic heterocycles. The highest BCUT2D eigenvalue weighted by Gasteiger charge is 2.22. The molecular weight excluding hydrogens is 380 g/mol. The summed E-state index contributed by atoms with van der Waals surface area (Å²) in [5.74, 6) is 2.26. The largest absolute Gasteiger partial charge is 0.427 e. The monoisotopic (exact) mass is 428 g/mol. The van der Waals surface area contributed by atoms with E-state index in [0.717, 1.165) is 18.8 Å². The Bertz CT molecular complexity index is 569. The Balaban J connectivity index is 1.57. The van der Waals surface area contributed by atoms with E-state index in [2.05, 4.69) is 26.0 Å². The van der Waals surface area contributed by atoms with E-state index >= 15 is 0 Å². The second-order valence-corrected chi connectivity index (χ2v) is 9.83. The molecule has 0 unspecified atom stereocenters. The van der Waals surface area contributed by atoms with Crippen molar-refractivity contribution in [2.24, 2.45) is 5.92 Å². The summed E-state index contributed by atoms with van der Waals surface area (Å²) >= 11 is 0. The van der Waals surface area contributed by atoms with E-state index in [1.165, 1.54) is 102 Å². The third-order valence-electron chi connectivity index (χ3n) is 7.13. The summed E-state index contributed by atoms with van der Waals surface area (Å²) in [5, 5.41) is 0. The lowest BCUT2D eigenvalue weighted by atomic mass is 9.77. The normalized spacial score (nSPS) is 18.8. The van der Waals surface area contributed by atoms with E-state index in [1.54, 1.807) is 0 Å². The lowest BCUT2D eigenvalue weighted by Crippen LogP contribution is -2.13. The van der Waals surface area contributed by atoms with Gasteiger partial charge in [-0.1, -0.05) is 103 Å². The SMILES string of the molecule is CCCCCCCCCCCC(=O)Oc1ccc(C2CCC(CCCCC)CC2)cc1. The van der Waals surface area contributed by atoms with Crippen LogP contribution in [0, 0.1) is 5.92 Å². The summed E-state index contributed by atoms with van der Waals surface area (Å²) < 4.78 is 5.56. The molecule has 0 saturated heterocycles. The smallest absolute Gasteiger partial charge is 0.311 e. The maximum absolute atomic E-state index is 12.1. The highest BCUT2D eigenvalue weighted by molar-refractivity contribution is 5.72. The Morgan fingerprint density at radius 3 is 1.90 bits per heavy atom. The molecule has 2 nitrogen and oxygen atoms in total. The predicted molar refractivity (Wildman–Crippen MR) is 133 cm³/mol. The van der Waals surface area contributed by atoms with E-state index in [1.807, 2.05) is 12.1 Å². The van der Waals surface area contributed by atoms with Crippen LogP contribution >= 0.6 is 0 Å². The van der Waals surface area contributed by atoms with Gasteiger partial charge >= 0.3 is 5.97 Å². The minimum atomic E-state index is -0.0803. The van der Waals surface area contributed by atoms with Gasteiger partial charge in [0.15, 0.2) is 0 Å². The van der Waals surface area contributed by atoms with Crippen LogP contribution in [0.2, 0.25) is 0 Å². The number of hydrogen-bond donors (Lipinski definition) is 0. The molecule has 1 aliphatic rings. The van der Waals surface area contributed by atoms with E-state index in [9.17, 15) is 4.79 Å². The van der Waals surface area contributed by atoms with Crippen molar-refractivity contribution in [2.45, 2.75) is 135 Å². The van der Waals surface area contributed by atoms with Crippen molar-refractivity contribution in [2.75, 3.05) is 0 Å². The molecule has 1 aromatic carbocycles. The Morgan fingerprint density at radius 2 is 1.29 bits per heavy atom. The van der Waals surface area contributed by atoms with Crippen LogP contribution in [0.25, 0.3) is 0 Å². The summed E-state index contributed by atoms with van der Waals surface area (Å²) in [7, 11) is 0. The number of carbonyl (C=O) groups is 1. The molecule has 1 aliphatic carbocycles. The number of rotatable bonds is 16. The van der Waals surface area contributed by atoms with Gasteiger partial charge in [-0.15, -0.1) is 0 Å². The topological polar surface area (TPSA) is 26.3 Å². The number of ether oxygens (including phenoxy) is 1. The first-order valence-electron chi connectivity index (χ1n) is 13.5. The number of esters is 1. The van der Waals surface area contributed by atoms with E-state index in [4.69, 9.17) is 4.74 Å². The lowest BCUT2D eigenvalue weighted by molar-refractivity contribution is -0.134. The molecule has 0 bridgehead atoms. The Labute approximate surface area is 192 Å². The third kappa shape index (κ3) is 11.2. The Hall–Kier alpha value is -1.31. The van der Waals surface area contributed by atoms with Crippen LogP contribution in [-0.2, 0) is 4.79 Å². The van der Waals surface area contributed by atoms with E-state index in [0.29, 0.717) is 18.1 Å². The summed E-state index contributed by atoms with van der Waals surface area (Å²) in [6, 6.07) is 8.36. The number of carbonyl (C=O) groups excluding carboxylic acids is 1. The predicted octanol–water partition coefficient (Wildman–Crippen LogP) is 9.37. The van der Waals surface area contributed by atoms with Gasteiger partial charge < -0.3 is 4.74 Å². The fraction of sp³-hybridized carbons (Fsp3) is 0.759. The minimum Gasteiger partial charge on any atom is -0.427 e. The van der Waals surface area contributed by atoms with Crippen molar-refractivity contribution in [3.05, 3.63) is 29.8 Å². The summed E-state index contributed by atoms with van der Waals surface area (Å²) in [6.07, 6.45) is 22.9. The molecule has 0 radical (unpaired) electrons. The zero-order valence-corrected chi connectivity index (χ0v) is 20.5. The molecule has 0 aromatic heterocycles. The quantitative estimate of drug-likeness (QED) is 0.149. The van der Waals surface area contributed by atoms with Gasteiger partial charge in [-0.25, -0.2) is 0 Å². The highest BCUT2D eigenvalue weighted by atomic mass is 16.5. The molecule has 176 valence electrons. The second-order valence-electron chi connectivity index (χ2n) is 9.83. The summed E-state index contributed by atoms with van der Waals surface area (Å²) in [5.41, 5.74) is 1.42. The van der Waals surface area contributed by atoms with Crippen molar-refractivity contribution in [3.8, 4) is 5.75 Å². The summed E-state index contributed by atoms with van der Waals surface area (Å²) in [4.78, 5) is 12.1. The molecular formula is C29H48O2. The highest BCUT2D eigenvalue weighted by Crippen LogP contribution is 2.38. The lowest BCUT2D eigenvalue weighted by Gasteiger charge is -2.29. The molecule has 0 spiro atoms. The molecule has 2 heteroatoms. The molecule has 0 heterocycles. The van der Waals surface area contributed by atoms with Crippen LogP contribution in [0.5, 0.6) is 5.75 Å². The fourth-order valence-corrected chi connectivity index (χ4v) is 5.04. The van der Waals surface area contributed by atoms with Gasteiger partial charge in [0.2, 0.25) is 0 Å². The van der Waals surface area contributed by atoms with Gasteiger partial charge in [-0.05, 0) is 61.6 Å². The molecule has 1 fully saturated rings. The number of unbranched alkanes of at least 4 members (excludes halogenated alkanes) is 10. The fourth-order valence-electron chi connectivity index (χ4n) is 5.04. The molecule has 2 rings (SSSR count). The van der Waals surface area contributed by atoms with Gasteiger partial charge in [0.05, 0.1) is 0 Å². The zero-order valence-electron chi connectivity index (χ0n) is 20.5. The molecule has 0 atom stereocenters. The summed E-state index contributed by atoms with van der Waals surface area (Å²) in [6.45, 7) is 4.55. The zero-order chi connectivity index (χ0) is 22.2. The van der Waals surface area contributed by atoms with Gasteiger partial charge in [0.25, 0.3) is 0 Å². The first-order chi connectivity index (χ1) is 15.2. The Morgan fingerprint density at radius 1 is 0.742 bits per heavy atom. The average molecular weight is 429 g/mol. The number of hydrogen-bond acceptors (Lipinski definition) is 2. The first kappa shape index (κ1) is 25.9. The maximum atomic E-state index is 12.1. The van der Waals surface area contributed by atoms with Crippen LogP contribution in [0.3, 0.4) is 0 Å². The standard InChI is InChI=1S/C29H48O2/c1-3-5-7-8-9-10-11-12-14-16-29(30)31-28-23-21-27(22-24-28)26-19-17-25(18-20-26)15-13-6-4-2/h21-26H,3-20H2,1-2H3. The maximum Gasteiger partial charge on any atom is 0.311 e. The van der Waals surface area contributed by atoms with Gasteiger partial charge in [-0.2, -0.15) is 0 Å². The average Bonchev–Trinajstić information content (AvgIpc) is 2.79. The van der Waals surface area contributed by atoms with Crippen LogP contribution in [0.1, 0.15) is 141 Å². The van der Waals surface area contributed by atoms with E-state index < -0.39 is 0 Å². The van der Waals surface area contributed by atoms with Crippen LogP contribution in [-0.4, -0.2) is 5.97 Å². The van der Waals surface area contributed by atoms with Gasteiger partial charge in [0.1, 0.15) is 5.75 Å². The van der Waals surface area contributed by atoms with Crippen molar-refractivity contribution in [1.29, 1.82) is 0 Å². The van der Waals surface area contributed by atoms with E-state index in [-0.39, 0.29) is 5.97 Å². The molecule has 1 saturated carbocycles. The van der Waals surface area contributed by atoms with Crippen molar-refractivity contribution < 1.29 is 9.53 Å². The molecule has 0 amide bonds.